The van der Waals surface area contributed by atoms with Gasteiger partial charge in [0, 0.05) is 11.4 Å². The molecule has 6 heteroatoms. The molecule has 1 aliphatic rings. The minimum absolute atomic E-state index is 0.00106. The van der Waals surface area contributed by atoms with Gasteiger partial charge in [-0.05, 0) is 5.56 Å². The standard InChI is InChI=1S/C7H6N2O3S/c10-6-2-5(8-6)4-1-7(9(11)12)13-3-4/h1,3,5H,2H2,(H,8,10). The van der Waals surface area contributed by atoms with E-state index < -0.39 is 4.92 Å². The molecule has 0 saturated carbocycles. The second-order valence-electron chi connectivity index (χ2n) is 2.80. The Bertz CT molecular complexity index is 366. The number of hydrogen-bond donors (Lipinski definition) is 1. The van der Waals surface area contributed by atoms with Gasteiger partial charge in [-0.2, -0.15) is 0 Å². The molecule has 0 aliphatic carbocycles. The van der Waals surface area contributed by atoms with Crippen LogP contribution in [-0.2, 0) is 4.79 Å². The van der Waals surface area contributed by atoms with E-state index in [1.807, 2.05) is 0 Å². The van der Waals surface area contributed by atoms with Gasteiger partial charge in [0.2, 0.25) is 5.91 Å². The van der Waals surface area contributed by atoms with Crippen molar-refractivity contribution < 1.29 is 9.72 Å². The van der Waals surface area contributed by atoms with Crippen LogP contribution in [-0.4, -0.2) is 10.8 Å². The summed E-state index contributed by atoms with van der Waals surface area (Å²) in [7, 11) is 0. The van der Waals surface area contributed by atoms with Crippen molar-refractivity contribution in [3.8, 4) is 0 Å². The largest absolute Gasteiger partial charge is 0.349 e. The van der Waals surface area contributed by atoms with Gasteiger partial charge in [-0.3, -0.25) is 14.9 Å². The third-order valence-electron chi connectivity index (χ3n) is 1.91. The third-order valence-corrected chi connectivity index (χ3v) is 2.81. The van der Waals surface area contributed by atoms with E-state index in [1.165, 1.54) is 6.07 Å². The topological polar surface area (TPSA) is 72.2 Å². The molecule has 1 fully saturated rings. The summed E-state index contributed by atoms with van der Waals surface area (Å²) in [4.78, 5) is 20.5. The Labute approximate surface area is 77.5 Å². The zero-order chi connectivity index (χ0) is 9.42. The molecule has 1 saturated heterocycles. The highest BCUT2D eigenvalue weighted by atomic mass is 32.1. The van der Waals surface area contributed by atoms with Gasteiger partial charge in [-0.1, -0.05) is 11.3 Å². The van der Waals surface area contributed by atoms with E-state index in [0.29, 0.717) is 6.42 Å². The molecule has 2 heterocycles. The maximum atomic E-state index is 10.6. The SMILES string of the molecule is O=C1CC(c2csc([N+](=O)[O-])c2)N1. The number of rotatable bonds is 2. The van der Waals surface area contributed by atoms with Crippen molar-refractivity contribution in [1.29, 1.82) is 0 Å². The monoisotopic (exact) mass is 198 g/mol. The molecule has 1 aromatic heterocycles. The molecular weight excluding hydrogens is 192 g/mol. The quantitative estimate of drug-likeness (QED) is 0.441. The third kappa shape index (κ3) is 1.40. The first-order chi connectivity index (χ1) is 6.16. The number of nitrogens with one attached hydrogen (secondary N) is 1. The van der Waals surface area contributed by atoms with Crippen molar-refractivity contribution in [2.45, 2.75) is 12.5 Å². The molecule has 0 radical (unpaired) electrons. The summed E-state index contributed by atoms with van der Waals surface area (Å²) in [5.41, 5.74) is 0.830. The first kappa shape index (κ1) is 8.18. The Hall–Kier alpha value is -1.43. The number of amides is 1. The van der Waals surface area contributed by atoms with Gasteiger partial charge >= 0.3 is 5.00 Å². The molecule has 0 spiro atoms. The summed E-state index contributed by atoms with van der Waals surface area (Å²) in [6.07, 6.45) is 0.438. The highest BCUT2D eigenvalue weighted by molar-refractivity contribution is 7.13. The van der Waals surface area contributed by atoms with Gasteiger partial charge in [0.25, 0.3) is 0 Å². The lowest BCUT2D eigenvalue weighted by Crippen LogP contribution is -2.41. The molecular formula is C7H6N2O3S. The van der Waals surface area contributed by atoms with Gasteiger partial charge in [0.15, 0.2) is 0 Å². The molecule has 5 nitrogen and oxygen atoms in total. The molecule has 0 aromatic carbocycles. The first-order valence-corrected chi connectivity index (χ1v) is 4.57. The normalized spacial score (nSPS) is 20.6. The van der Waals surface area contributed by atoms with Crippen LogP contribution in [0, 0.1) is 10.1 Å². The fourth-order valence-electron chi connectivity index (χ4n) is 1.18. The van der Waals surface area contributed by atoms with E-state index in [2.05, 4.69) is 5.32 Å². The highest BCUT2D eigenvalue weighted by Gasteiger charge is 2.28. The molecule has 1 unspecified atom stereocenters. The van der Waals surface area contributed by atoms with Gasteiger partial charge in [0.05, 0.1) is 17.4 Å². The maximum Gasteiger partial charge on any atom is 0.324 e. The Morgan fingerprint density at radius 2 is 2.38 bits per heavy atom. The molecule has 1 N–H and O–H groups in total. The van der Waals surface area contributed by atoms with Gasteiger partial charge in [0.1, 0.15) is 0 Å². The minimum atomic E-state index is -0.422. The van der Waals surface area contributed by atoms with Crippen LogP contribution in [0.2, 0.25) is 0 Å². The predicted octanol–water partition coefficient (Wildman–Crippen LogP) is 1.22. The Morgan fingerprint density at radius 3 is 2.85 bits per heavy atom. The van der Waals surface area contributed by atoms with E-state index in [4.69, 9.17) is 0 Å². The van der Waals surface area contributed by atoms with Crippen LogP contribution in [0.25, 0.3) is 0 Å². The van der Waals surface area contributed by atoms with Crippen LogP contribution in [0.1, 0.15) is 18.0 Å². The summed E-state index contributed by atoms with van der Waals surface area (Å²) >= 11 is 1.09. The summed E-state index contributed by atoms with van der Waals surface area (Å²) in [5, 5.41) is 14.8. The second-order valence-corrected chi connectivity index (χ2v) is 3.69. The van der Waals surface area contributed by atoms with Crippen molar-refractivity contribution in [2.75, 3.05) is 0 Å². The average molecular weight is 198 g/mol. The number of nitrogens with zero attached hydrogens (tertiary/aromatic N) is 1. The number of hydrogen-bond acceptors (Lipinski definition) is 4. The summed E-state index contributed by atoms with van der Waals surface area (Å²) in [6.45, 7) is 0. The lowest BCUT2D eigenvalue weighted by atomic mass is 10.0. The van der Waals surface area contributed by atoms with Crippen LogP contribution in [0.3, 0.4) is 0 Å². The van der Waals surface area contributed by atoms with E-state index >= 15 is 0 Å². The Morgan fingerprint density at radius 1 is 1.69 bits per heavy atom. The van der Waals surface area contributed by atoms with Gasteiger partial charge < -0.3 is 5.32 Å². The number of nitro groups is 1. The van der Waals surface area contributed by atoms with Crippen LogP contribution in [0.4, 0.5) is 5.00 Å². The number of carbonyl (C=O) groups excluding carboxylic acids is 1. The first-order valence-electron chi connectivity index (χ1n) is 3.69. The fourth-order valence-corrected chi connectivity index (χ4v) is 1.96. The van der Waals surface area contributed by atoms with Crippen LogP contribution in [0.15, 0.2) is 11.4 Å². The van der Waals surface area contributed by atoms with E-state index in [0.717, 1.165) is 16.9 Å². The average Bonchev–Trinajstić information content (AvgIpc) is 2.46. The van der Waals surface area contributed by atoms with Crippen molar-refractivity contribution in [3.05, 3.63) is 27.1 Å². The van der Waals surface area contributed by atoms with E-state index in [1.54, 1.807) is 5.38 Å². The van der Waals surface area contributed by atoms with Crippen LogP contribution in [0.5, 0.6) is 0 Å². The summed E-state index contributed by atoms with van der Waals surface area (Å²) in [5.74, 6) is -0.00106. The zero-order valence-electron chi connectivity index (χ0n) is 6.52. The van der Waals surface area contributed by atoms with Crippen molar-refractivity contribution in [2.24, 2.45) is 0 Å². The predicted molar refractivity (Wildman–Crippen MR) is 46.5 cm³/mol. The highest BCUT2D eigenvalue weighted by Crippen LogP contribution is 2.31. The fraction of sp³-hybridized carbons (Fsp3) is 0.286. The summed E-state index contributed by atoms with van der Waals surface area (Å²) in [6, 6.07) is 1.49. The molecule has 68 valence electrons. The Kier molecular flexibility index (Phi) is 1.77. The van der Waals surface area contributed by atoms with Gasteiger partial charge in [-0.15, -0.1) is 0 Å². The van der Waals surface area contributed by atoms with Crippen LogP contribution < -0.4 is 5.32 Å². The number of β-lactam (4-membered cyclic amide) rings is 1. The van der Waals surface area contributed by atoms with Gasteiger partial charge in [-0.25, -0.2) is 0 Å². The van der Waals surface area contributed by atoms with Crippen molar-refractivity contribution in [3.63, 3.8) is 0 Å². The maximum absolute atomic E-state index is 10.6. The molecule has 13 heavy (non-hydrogen) atoms. The molecule has 1 aliphatic heterocycles. The zero-order valence-corrected chi connectivity index (χ0v) is 7.34. The lowest BCUT2D eigenvalue weighted by Gasteiger charge is -2.25. The molecule has 0 bridgehead atoms. The molecule has 1 aromatic rings. The molecule has 1 amide bonds. The molecule has 1 atom stereocenters. The second kappa shape index (κ2) is 2.81. The number of carbonyl (C=O) groups is 1. The summed E-state index contributed by atoms with van der Waals surface area (Å²) < 4.78 is 0. The van der Waals surface area contributed by atoms with Crippen LogP contribution >= 0.6 is 11.3 Å². The minimum Gasteiger partial charge on any atom is -0.349 e. The van der Waals surface area contributed by atoms with Crippen molar-refractivity contribution >= 4 is 22.2 Å². The smallest absolute Gasteiger partial charge is 0.324 e. The molecule has 2 rings (SSSR count). The Balaban J connectivity index is 2.14. The van der Waals surface area contributed by atoms with E-state index in [9.17, 15) is 14.9 Å². The lowest BCUT2D eigenvalue weighted by molar-refractivity contribution is -0.380. The van der Waals surface area contributed by atoms with E-state index in [-0.39, 0.29) is 17.0 Å². The van der Waals surface area contributed by atoms with Crippen molar-refractivity contribution in [1.82, 2.24) is 5.32 Å². The number of thiophene rings is 1.